The second kappa shape index (κ2) is 9.10. The largest absolute Gasteiger partial charge is 0.461 e. The third-order valence-corrected chi connectivity index (χ3v) is 8.60. The minimum Gasteiger partial charge on any atom is -0.461 e. The highest BCUT2D eigenvalue weighted by molar-refractivity contribution is 7.17. The number of thiophene rings is 1. The van der Waals surface area contributed by atoms with Crippen LogP contribution in [0.2, 0.25) is 0 Å². The van der Waals surface area contributed by atoms with Gasteiger partial charge in [-0.2, -0.15) is 0 Å². The molecular formula is C35H35NOS. The molecule has 0 aliphatic heterocycles. The molecule has 2 nitrogen and oxygen atoms in total. The zero-order valence-corrected chi connectivity index (χ0v) is 24.2. The number of aryl methyl sites for hydroxylation is 2. The molecule has 3 heterocycles. The summed E-state index contributed by atoms with van der Waals surface area (Å²) in [5, 5.41) is 7.29. The van der Waals surface area contributed by atoms with E-state index >= 15 is 0 Å². The third-order valence-electron chi connectivity index (χ3n) is 7.61. The van der Waals surface area contributed by atoms with Crippen LogP contribution in [0.15, 0.2) is 70.5 Å². The van der Waals surface area contributed by atoms with Gasteiger partial charge in [0, 0.05) is 21.9 Å². The number of nitrogens with zero attached hydrogens (tertiary/aromatic N) is 1. The predicted molar refractivity (Wildman–Crippen MR) is 164 cm³/mol. The van der Waals surface area contributed by atoms with Crippen LogP contribution in [0.4, 0.5) is 0 Å². The summed E-state index contributed by atoms with van der Waals surface area (Å²) >= 11 is 1.73. The lowest BCUT2D eigenvalue weighted by molar-refractivity contribution is 0.560. The Labute approximate surface area is 229 Å². The monoisotopic (exact) mass is 517 g/mol. The molecule has 0 N–H and O–H groups in total. The van der Waals surface area contributed by atoms with Gasteiger partial charge >= 0.3 is 0 Å². The lowest BCUT2D eigenvalue weighted by atomic mass is 9.82. The van der Waals surface area contributed by atoms with Gasteiger partial charge in [-0.15, -0.1) is 11.3 Å². The summed E-state index contributed by atoms with van der Waals surface area (Å²) in [6, 6.07) is 22.3. The number of hydrogen-bond acceptors (Lipinski definition) is 3. The van der Waals surface area contributed by atoms with Crippen molar-refractivity contribution in [3.8, 4) is 22.4 Å². The molecule has 0 unspecified atom stereocenters. The lowest BCUT2D eigenvalue weighted by Crippen LogP contribution is -2.12. The van der Waals surface area contributed by atoms with Gasteiger partial charge in [0.2, 0.25) is 0 Å². The summed E-state index contributed by atoms with van der Waals surface area (Å²) in [4.78, 5) is 6.30. The van der Waals surface area contributed by atoms with Gasteiger partial charge in [-0.1, -0.05) is 65.0 Å². The molecule has 6 aromatic rings. The Kier molecular flexibility index (Phi) is 5.96. The Balaban J connectivity index is 1.60. The molecule has 0 fully saturated rings. The Morgan fingerprint density at radius 1 is 0.895 bits per heavy atom. The highest BCUT2D eigenvalue weighted by Gasteiger charge is 2.21. The molecule has 3 aromatic heterocycles. The Morgan fingerprint density at radius 3 is 2.45 bits per heavy atom. The average Bonchev–Trinajstić information content (AvgIpc) is 3.40. The van der Waals surface area contributed by atoms with E-state index in [2.05, 4.69) is 115 Å². The maximum atomic E-state index is 6.16. The van der Waals surface area contributed by atoms with Gasteiger partial charge in [0.1, 0.15) is 16.2 Å². The van der Waals surface area contributed by atoms with Crippen LogP contribution in [0.5, 0.6) is 0 Å². The summed E-state index contributed by atoms with van der Waals surface area (Å²) < 4.78 is 6.16. The molecule has 0 spiro atoms. The van der Waals surface area contributed by atoms with E-state index in [0.29, 0.717) is 5.92 Å². The fourth-order valence-electron chi connectivity index (χ4n) is 5.75. The summed E-state index contributed by atoms with van der Waals surface area (Å²) in [5.74, 6) is 1.60. The Morgan fingerprint density at radius 2 is 1.68 bits per heavy atom. The van der Waals surface area contributed by atoms with Crippen molar-refractivity contribution in [3.63, 3.8) is 0 Å². The van der Waals surface area contributed by atoms with Crippen LogP contribution >= 0.6 is 11.3 Å². The van der Waals surface area contributed by atoms with Crippen LogP contribution in [-0.4, -0.2) is 4.98 Å². The molecule has 0 atom stereocenters. The Hall–Kier alpha value is -3.43. The number of pyridine rings is 1. The lowest BCUT2D eigenvalue weighted by Gasteiger charge is -2.23. The van der Waals surface area contributed by atoms with Crippen LogP contribution in [0.25, 0.3) is 54.3 Å². The molecule has 0 saturated heterocycles. The van der Waals surface area contributed by atoms with Crippen molar-refractivity contribution >= 4 is 43.3 Å². The van der Waals surface area contributed by atoms with Crippen LogP contribution in [-0.2, 0) is 11.8 Å². The van der Waals surface area contributed by atoms with Crippen LogP contribution in [0, 0.1) is 19.8 Å². The molecule has 6 rings (SSSR count). The quantitative estimate of drug-likeness (QED) is 0.232. The third kappa shape index (κ3) is 4.23. The van der Waals surface area contributed by atoms with Crippen LogP contribution in [0.3, 0.4) is 0 Å². The number of benzene rings is 3. The number of hydrogen-bond donors (Lipinski definition) is 0. The van der Waals surface area contributed by atoms with E-state index in [1.165, 1.54) is 54.9 Å². The maximum Gasteiger partial charge on any atom is 0.134 e. The second-order valence-electron chi connectivity index (χ2n) is 12.1. The summed E-state index contributed by atoms with van der Waals surface area (Å²) in [6.45, 7) is 15.7. The molecule has 3 aromatic carbocycles. The van der Waals surface area contributed by atoms with Crippen LogP contribution < -0.4 is 0 Å². The first kappa shape index (κ1) is 24.9. The highest BCUT2D eigenvalue weighted by Crippen LogP contribution is 2.41. The fraction of sp³-hybridized carbons (Fsp3) is 0.286. The first-order valence-electron chi connectivity index (χ1n) is 13.5. The molecule has 0 saturated carbocycles. The SMILES string of the molecule is Cc1oc2ccc(-c3cc(-c4cc(C(C)(C)C)c5ccccc5c4)nc4scc(C)c34)cc2c1CC(C)C. The summed E-state index contributed by atoms with van der Waals surface area (Å²) in [6.07, 6.45) is 1.02. The molecule has 0 aliphatic carbocycles. The summed E-state index contributed by atoms with van der Waals surface area (Å²) in [5.41, 5.74) is 9.61. The van der Waals surface area contributed by atoms with Crippen molar-refractivity contribution in [2.75, 3.05) is 0 Å². The molecule has 0 bridgehead atoms. The standard InChI is InChI=1S/C35H35NOS/c1-20(2)14-27-22(4)37-32-13-12-24(16-29(27)32)28-18-31(36-34-33(28)21(3)19-38-34)25-15-23-10-8-9-11-26(23)30(17-25)35(5,6)7/h8-13,15-20H,14H2,1-7H3. The number of fused-ring (bicyclic) bond motifs is 3. The topological polar surface area (TPSA) is 26.0 Å². The number of furan rings is 1. The normalized spacial score (nSPS) is 12.4. The highest BCUT2D eigenvalue weighted by atomic mass is 32.1. The van der Waals surface area contributed by atoms with E-state index in [1.807, 2.05) is 0 Å². The molecule has 0 radical (unpaired) electrons. The molecule has 0 aliphatic rings. The summed E-state index contributed by atoms with van der Waals surface area (Å²) in [7, 11) is 0. The van der Waals surface area contributed by atoms with Crippen molar-refractivity contribution in [2.45, 2.75) is 60.3 Å². The van der Waals surface area contributed by atoms with Gasteiger partial charge in [-0.3, -0.25) is 0 Å². The first-order chi connectivity index (χ1) is 18.1. The van der Waals surface area contributed by atoms with E-state index in [-0.39, 0.29) is 5.41 Å². The van der Waals surface area contributed by atoms with E-state index in [0.717, 1.165) is 28.3 Å². The zero-order chi connectivity index (χ0) is 26.8. The molecule has 0 amide bonds. The van der Waals surface area contributed by atoms with Crippen molar-refractivity contribution in [2.24, 2.45) is 5.92 Å². The minimum atomic E-state index is 0.0268. The van der Waals surface area contributed by atoms with Gasteiger partial charge in [-0.25, -0.2) is 4.98 Å². The van der Waals surface area contributed by atoms with Gasteiger partial charge in [0.25, 0.3) is 0 Å². The van der Waals surface area contributed by atoms with E-state index in [1.54, 1.807) is 11.3 Å². The minimum absolute atomic E-state index is 0.0268. The van der Waals surface area contributed by atoms with Crippen molar-refractivity contribution in [1.29, 1.82) is 0 Å². The van der Waals surface area contributed by atoms with Crippen molar-refractivity contribution in [1.82, 2.24) is 4.98 Å². The fourth-order valence-corrected chi connectivity index (χ4v) is 6.69. The van der Waals surface area contributed by atoms with E-state index < -0.39 is 0 Å². The molecule has 38 heavy (non-hydrogen) atoms. The number of aromatic nitrogens is 1. The molecule has 192 valence electrons. The van der Waals surface area contributed by atoms with Gasteiger partial charge in [0.15, 0.2) is 0 Å². The predicted octanol–water partition coefficient (Wildman–Crippen LogP) is 10.6. The van der Waals surface area contributed by atoms with E-state index in [4.69, 9.17) is 9.40 Å². The van der Waals surface area contributed by atoms with E-state index in [9.17, 15) is 0 Å². The van der Waals surface area contributed by atoms with Crippen molar-refractivity contribution < 1.29 is 4.42 Å². The van der Waals surface area contributed by atoms with Crippen LogP contribution in [0.1, 0.15) is 57.1 Å². The maximum absolute atomic E-state index is 6.16. The van der Waals surface area contributed by atoms with Gasteiger partial charge in [0.05, 0.1) is 5.69 Å². The van der Waals surface area contributed by atoms with Gasteiger partial charge < -0.3 is 4.42 Å². The smallest absolute Gasteiger partial charge is 0.134 e. The number of rotatable bonds is 4. The molecule has 3 heteroatoms. The first-order valence-corrected chi connectivity index (χ1v) is 14.4. The Bertz CT molecular complexity index is 1830. The van der Waals surface area contributed by atoms with Crippen molar-refractivity contribution in [3.05, 3.63) is 88.5 Å². The second-order valence-corrected chi connectivity index (χ2v) is 13.0. The average molecular weight is 518 g/mol. The van der Waals surface area contributed by atoms with Gasteiger partial charge in [-0.05, 0) is 100 Å². The zero-order valence-electron chi connectivity index (χ0n) is 23.4. The molecular weight excluding hydrogens is 482 g/mol.